The number of carbonyl (C=O) groups excluding carboxylic acids is 1. The second kappa shape index (κ2) is 7.31. The Morgan fingerprint density at radius 2 is 2.15 bits per heavy atom. The van der Waals surface area contributed by atoms with E-state index in [-0.39, 0.29) is 11.1 Å². The summed E-state index contributed by atoms with van der Waals surface area (Å²) in [6.07, 6.45) is 3.57. The minimum Gasteiger partial charge on any atom is -0.345 e. The van der Waals surface area contributed by atoms with Gasteiger partial charge in [0.15, 0.2) is 5.15 Å². The van der Waals surface area contributed by atoms with Crippen molar-refractivity contribution < 1.29 is 4.79 Å². The summed E-state index contributed by atoms with van der Waals surface area (Å²) in [6.45, 7) is 6.71. The molecule has 27 heavy (non-hydrogen) atoms. The van der Waals surface area contributed by atoms with E-state index < -0.39 is 0 Å². The average Bonchev–Trinajstić information content (AvgIpc) is 3.05. The zero-order valence-corrected chi connectivity index (χ0v) is 16.4. The number of likely N-dealkylation sites (tertiary alicyclic amines) is 1. The molecule has 1 amide bonds. The lowest BCUT2D eigenvalue weighted by Crippen LogP contribution is -2.39. The lowest BCUT2D eigenvalue weighted by atomic mass is 9.94. The molecular formula is C21H23ClN4O. The van der Waals surface area contributed by atoms with E-state index in [1.54, 1.807) is 6.07 Å². The van der Waals surface area contributed by atoms with Crippen LogP contribution in [0.15, 0.2) is 36.5 Å². The molecule has 1 aromatic carbocycles. The molecule has 1 atom stereocenters. The van der Waals surface area contributed by atoms with Gasteiger partial charge in [-0.15, -0.1) is 5.10 Å². The van der Waals surface area contributed by atoms with Crippen LogP contribution in [0.4, 0.5) is 0 Å². The van der Waals surface area contributed by atoms with Crippen molar-refractivity contribution >= 4 is 28.4 Å². The van der Waals surface area contributed by atoms with Crippen LogP contribution in [0.25, 0.3) is 10.9 Å². The molecule has 0 N–H and O–H groups in total. The molecule has 4 rings (SSSR count). The lowest BCUT2D eigenvalue weighted by Gasteiger charge is -2.33. The first-order chi connectivity index (χ1) is 13.1. The van der Waals surface area contributed by atoms with Crippen LogP contribution in [0, 0.1) is 6.92 Å². The number of aromatic nitrogens is 3. The molecule has 0 spiro atoms. The van der Waals surface area contributed by atoms with Crippen LogP contribution in [0.1, 0.15) is 47.3 Å². The number of carbonyl (C=O) groups is 1. The van der Waals surface area contributed by atoms with E-state index in [4.69, 9.17) is 11.6 Å². The van der Waals surface area contributed by atoms with Crippen molar-refractivity contribution in [1.29, 1.82) is 0 Å². The lowest BCUT2D eigenvalue weighted by molar-refractivity contribution is 0.0704. The SMILES string of the molecule is CCn1c(C2CCCN(C(=O)c3cnnc(Cl)c3)C2)cc2cc(C)ccc21. The average molecular weight is 383 g/mol. The summed E-state index contributed by atoms with van der Waals surface area (Å²) < 4.78 is 2.39. The summed E-state index contributed by atoms with van der Waals surface area (Å²) >= 11 is 5.90. The van der Waals surface area contributed by atoms with Crippen molar-refractivity contribution in [2.24, 2.45) is 0 Å². The number of hydrogen-bond donors (Lipinski definition) is 0. The molecule has 0 radical (unpaired) electrons. The van der Waals surface area contributed by atoms with Crippen LogP contribution < -0.4 is 0 Å². The van der Waals surface area contributed by atoms with Crippen molar-refractivity contribution in [2.45, 2.75) is 39.2 Å². The van der Waals surface area contributed by atoms with Gasteiger partial charge in [0.25, 0.3) is 5.91 Å². The van der Waals surface area contributed by atoms with Crippen molar-refractivity contribution in [3.63, 3.8) is 0 Å². The Labute approximate surface area is 164 Å². The number of benzene rings is 1. The van der Waals surface area contributed by atoms with Crippen molar-refractivity contribution in [3.8, 4) is 0 Å². The molecule has 0 aliphatic carbocycles. The first-order valence-electron chi connectivity index (χ1n) is 9.44. The number of aryl methyl sites for hydroxylation is 2. The summed E-state index contributed by atoms with van der Waals surface area (Å²) in [4.78, 5) is 14.8. The van der Waals surface area contributed by atoms with Gasteiger partial charge in [-0.25, -0.2) is 0 Å². The highest BCUT2D eigenvalue weighted by Gasteiger charge is 2.28. The monoisotopic (exact) mass is 382 g/mol. The zero-order chi connectivity index (χ0) is 19.0. The van der Waals surface area contributed by atoms with Crippen LogP contribution in [-0.4, -0.2) is 38.7 Å². The number of fused-ring (bicyclic) bond motifs is 1. The van der Waals surface area contributed by atoms with Crippen LogP contribution in [0.2, 0.25) is 5.15 Å². The first-order valence-corrected chi connectivity index (χ1v) is 9.82. The Hall–Kier alpha value is -2.40. The second-order valence-electron chi connectivity index (χ2n) is 7.23. The fourth-order valence-corrected chi connectivity index (χ4v) is 4.31. The molecule has 1 saturated heterocycles. The van der Waals surface area contributed by atoms with E-state index in [2.05, 4.69) is 52.9 Å². The van der Waals surface area contributed by atoms with Gasteiger partial charge in [0.1, 0.15) is 0 Å². The maximum atomic E-state index is 12.9. The molecule has 1 aliphatic heterocycles. The third-order valence-electron chi connectivity index (χ3n) is 5.40. The van der Waals surface area contributed by atoms with E-state index in [0.29, 0.717) is 18.0 Å². The summed E-state index contributed by atoms with van der Waals surface area (Å²) in [5.74, 6) is 0.312. The summed E-state index contributed by atoms with van der Waals surface area (Å²) in [5, 5.41) is 9.06. The van der Waals surface area contributed by atoms with Crippen LogP contribution in [0.3, 0.4) is 0 Å². The number of hydrogen-bond acceptors (Lipinski definition) is 3. The fraction of sp³-hybridized carbons (Fsp3) is 0.381. The van der Waals surface area contributed by atoms with Gasteiger partial charge in [0, 0.05) is 42.1 Å². The van der Waals surface area contributed by atoms with Crippen LogP contribution >= 0.6 is 11.6 Å². The minimum atomic E-state index is -0.0218. The highest BCUT2D eigenvalue weighted by Crippen LogP contribution is 2.32. The van der Waals surface area contributed by atoms with Gasteiger partial charge in [0.05, 0.1) is 11.8 Å². The van der Waals surface area contributed by atoms with Gasteiger partial charge in [-0.2, -0.15) is 5.10 Å². The van der Waals surface area contributed by atoms with E-state index in [9.17, 15) is 4.79 Å². The largest absolute Gasteiger partial charge is 0.345 e. The first kappa shape index (κ1) is 18.0. The molecule has 3 aromatic rings. The predicted molar refractivity (Wildman–Crippen MR) is 107 cm³/mol. The summed E-state index contributed by atoms with van der Waals surface area (Å²) in [5.41, 5.74) is 4.36. The van der Waals surface area contributed by atoms with Gasteiger partial charge < -0.3 is 9.47 Å². The number of nitrogens with zero attached hydrogens (tertiary/aromatic N) is 4. The van der Waals surface area contributed by atoms with Gasteiger partial charge in [-0.3, -0.25) is 4.79 Å². The number of amides is 1. The molecule has 0 saturated carbocycles. The Morgan fingerprint density at radius 1 is 1.30 bits per heavy atom. The Balaban J connectivity index is 1.63. The van der Waals surface area contributed by atoms with Crippen LogP contribution in [0.5, 0.6) is 0 Å². The second-order valence-corrected chi connectivity index (χ2v) is 7.62. The standard InChI is InChI=1S/C21H23ClN4O/c1-3-26-18-7-6-14(2)9-16(18)10-19(26)15-5-4-8-25(13-15)21(27)17-11-20(22)24-23-12-17/h6-7,9-12,15H,3-5,8,13H2,1-2H3. The van der Waals surface area contributed by atoms with Gasteiger partial charge in [0.2, 0.25) is 0 Å². The molecular weight excluding hydrogens is 360 g/mol. The Morgan fingerprint density at radius 3 is 2.93 bits per heavy atom. The fourth-order valence-electron chi connectivity index (χ4n) is 4.15. The normalized spacial score (nSPS) is 17.4. The molecule has 3 heterocycles. The number of piperidine rings is 1. The predicted octanol–water partition coefficient (Wildman–Crippen LogP) is 4.43. The van der Waals surface area contributed by atoms with Crippen LogP contribution in [-0.2, 0) is 6.54 Å². The molecule has 0 bridgehead atoms. The third kappa shape index (κ3) is 3.44. The maximum Gasteiger partial charge on any atom is 0.255 e. The maximum absolute atomic E-state index is 12.9. The van der Waals surface area contributed by atoms with Crippen molar-refractivity contribution in [1.82, 2.24) is 19.7 Å². The van der Waals surface area contributed by atoms with E-state index in [1.807, 2.05) is 4.90 Å². The number of rotatable bonds is 3. The van der Waals surface area contributed by atoms with Crippen molar-refractivity contribution in [2.75, 3.05) is 13.1 Å². The smallest absolute Gasteiger partial charge is 0.255 e. The molecule has 1 aliphatic rings. The quantitative estimate of drug-likeness (QED) is 0.673. The Bertz CT molecular complexity index is 997. The van der Waals surface area contributed by atoms with E-state index in [1.165, 1.54) is 28.4 Å². The van der Waals surface area contributed by atoms with Gasteiger partial charge in [-0.1, -0.05) is 23.2 Å². The molecule has 1 unspecified atom stereocenters. The third-order valence-corrected chi connectivity index (χ3v) is 5.59. The number of halogens is 1. The molecule has 2 aromatic heterocycles. The van der Waals surface area contributed by atoms with Crippen molar-refractivity contribution in [3.05, 3.63) is 58.5 Å². The molecule has 6 heteroatoms. The zero-order valence-electron chi connectivity index (χ0n) is 15.7. The minimum absolute atomic E-state index is 0.0218. The van der Waals surface area contributed by atoms with E-state index >= 15 is 0 Å². The topological polar surface area (TPSA) is 51.0 Å². The van der Waals surface area contributed by atoms with E-state index in [0.717, 1.165) is 25.9 Å². The molecule has 5 nitrogen and oxygen atoms in total. The summed E-state index contributed by atoms with van der Waals surface area (Å²) in [7, 11) is 0. The van der Waals surface area contributed by atoms with Gasteiger partial charge >= 0.3 is 0 Å². The molecule has 140 valence electrons. The Kier molecular flexibility index (Phi) is 4.87. The molecule has 1 fully saturated rings. The summed E-state index contributed by atoms with van der Waals surface area (Å²) in [6, 6.07) is 10.5. The van der Waals surface area contributed by atoms with Gasteiger partial charge in [-0.05, 0) is 51.0 Å². The highest BCUT2D eigenvalue weighted by molar-refractivity contribution is 6.29. The highest BCUT2D eigenvalue weighted by atomic mass is 35.5.